The lowest BCUT2D eigenvalue weighted by atomic mass is 9.81. The molecule has 1 aliphatic rings. The van der Waals surface area contributed by atoms with E-state index in [1.54, 1.807) is 11.3 Å². The lowest BCUT2D eigenvalue weighted by Crippen LogP contribution is -2.54. The van der Waals surface area contributed by atoms with Gasteiger partial charge < -0.3 is 10.0 Å². The molecule has 0 radical (unpaired) electrons. The summed E-state index contributed by atoms with van der Waals surface area (Å²) in [5.74, 6) is 0. The van der Waals surface area contributed by atoms with Crippen molar-refractivity contribution in [2.45, 2.75) is 56.6 Å². The second-order valence-electron chi connectivity index (χ2n) is 5.76. The Labute approximate surface area is 115 Å². The van der Waals surface area contributed by atoms with Gasteiger partial charge in [-0.05, 0) is 49.3 Å². The first-order chi connectivity index (χ1) is 8.65. The predicted octanol–water partition coefficient (Wildman–Crippen LogP) is 3.31. The SMILES string of the molecule is CN(C)C1(C(O)Cc2ccsc2)CCCCCC1. The third kappa shape index (κ3) is 2.95. The summed E-state index contributed by atoms with van der Waals surface area (Å²) in [5.41, 5.74) is 1.26. The zero-order valence-electron chi connectivity index (χ0n) is 11.6. The molecule has 1 aromatic rings. The van der Waals surface area contributed by atoms with Crippen LogP contribution >= 0.6 is 11.3 Å². The van der Waals surface area contributed by atoms with Crippen LogP contribution in [0.15, 0.2) is 16.8 Å². The zero-order valence-corrected chi connectivity index (χ0v) is 12.4. The molecule has 0 saturated heterocycles. The minimum atomic E-state index is -0.250. The second kappa shape index (κ2) is 6.18. The molecule has 3 heteroatoms. The molecule has 1 N–H and O–H groups in total. The van der Waals surface area contributed by atoms with E-state index in [9.17, 15) is 5.11 Å². The Balaban J connectivity index is 2.12. The molecule has 1 aromatic heterocycles. The van der Waals surface area contributed by atoms with E-state index in [1.165, 1.54) is 31.2 Å². The Hall–Kier alpha value is -0.380. The fraction of sp³-hybridized carbons (Fsp3) is 0.733. The summed E-state index contributed by atoms with van der Waals surface area (Å²) in [6.45, 7) is 0. The third-order valence-corrected chi connectivity index (χ3v) is 5.22. The second-order valence-corrected chi connectivity index (χ2v) is 6.54. The van der Waals surface area contributed by atoms with Crippen molar-refractivity contribution in [3.05, 3.63) is 22.4 Å². The van der Waals surface area contributed by atoms with Crippen molar-refractivity contribution >= 4 is 11.3 Å². The topological polar surface area (TPSA) is 23.5 Å². The van der Waals surface area contributed by atoms with Crippen LogP contribution in [0.5, 0.6) is 0 Å². The summed E-state index contributed by atoms with van der Waals surface area (Å²) in [6.07, 6.45) is 7.94. The number of hydrogen-bond donors (Lipinski definition) is 1. The van der Waals surface area contributed by atoms with Crippen molar-refractivity contribution < 1.29 is 5.11 Å². The standard InChI is InChI=1S/C15H25NOS/c1-16(2)15(8-5-3-4-6-9-15)14(17)11-13-7-10-18-12-13/h7,10,12,14,17H,3-6,8-9,11H2,1-2H3. The monoisotopic (exact) mass is 267 g/mol. The highest BCUT2D eigenvalue weighted by molar-refractivity contribution is 7.07. The largest absolute Gasteiger partial charge is 0.391 e. The molecule has 2 rings (SSSR count). The van der Waals surface area contributed by atoms with Crippen LogP contribution in [0.25, 0.3) is 0 Å². The molecule has 18 heavy (non-hydrogen) atoms. The van der Waals surface area contributed by atoms with Crippen molar-refractivity contribution in [2.75, 3.05) is 14.1 Å². The van der Waals surface area contributed by atoms with Gasteiger partial charge in [-0.2, -0.15) is 11.3 Å². The Kier molecular flexibility index (Phi) is 4.82. The highest BCUT2D eigenvalue weighted by Gasteiger charge is 2.39. The molecule has 0 bridgehead atoms. The van der Waals surface area contributed by atoms with Crippen LogP contribution in [0.4, 0.5) is 0 Å². The molecule has 1 fully saturated rings. The van der Waals surface area contributed by atoms with Crippen molar-refractivity contribution in [2.24, 2.45) is 0 Å². The van der Waals surface area contributed by atoms with Crippen molar-refractivity contribution in [3.8, 4) is 0 Å². The summed E-state index contributed by atoms with van der Waals surface area (Å²) in [4.78, 5) is 2.27. The predicted molar refractivity (Wildman–Crippen MR) is 78.1 cm³/mol. The van der Waals surface area contributed by atoms with Gasteiger partial charge in [-0.1, -0.05) is 25.7 Å². The van der Waals surface area contributed by atoms with E-state index >= 15 is 0 Å². The number of likely N-dealkylation sites (N-methyl/N-ethyl adjacent to an activating group) is 1. The van der Waals surface area contributed by atoms with Crippen molar-refractivity contribution in [1.29, 1.82) is 0 Å². The normalized spacial score (nSPS) is 21.8. The van der Waals surface area contributed by atoms with Crippen LogP contribution in [0.1, 0.15) is 44.1 Å². The van der Waals surface area contributed by atoms with Crippen LogP contribution in [-0.2, 0) is 6.42 Å². The zero-order chi connectivity index (χ0) is 13.0. The molecule has 1 heterocycles. The fourth-order valence-electron chi connectivity index (χ4n) is 3.24. The quantitative estimate of drug-likeness (QED) is 0.846. The van der Waals surface area contributed by atoms with Gasteiger partial charge in [0.15, 0.2) is 0 Å². The van der Waals surface area contributed by atoms with E-state index < -0.39 is 0 Å². The fourth-order valence-corrected chi connectivity index (χ4v) is 3.92. The lowest BCUT2D eigenvalue weighted by molar-refractivity contribution is -0.0173. The summed E-state index contributed by atoms with van der Waals surface area (Å²) >= 11 is 1.71. The number of aliphatic hydroxyl groups is 1. The van der Waals surface area contributed by atoms with Gasteiger partial charge >= 0.3 is 0 Å². The first-order valence-electron chi connectivity index (χ1n) is 7.02. The van der Waals surface area contributed by atoms with Gasteiger partial charge in [0.2, 0.25) is 0 Å². The molecule has 1 aliphatic carbocycles. The van der Waals surface area contributed by atoms with E-state index in [0.717, 1.165) is 19.3 Å². The molecule has 1 saturated carbocycles. The summed E-state index contributed by atoms with van der Waals surface area (Å²) < 4.78 is 0. The van der Waals surface area contributed by atoms with Gasteiger partial charge in [-0.3, -0.25) is 0 Å². The Morgan fingerprint density at radius 3 is 2.44 bits per heavy atom. The highest BCUT2D eigenvalue weighted by atomic mass is 32.1. The molecule has 0 aliphatic heterocycles. The molecule has 102 valence electrons. The maximum absolute atomic E-state index is 10.8. The Bertz CT molecular complexity index is 339. The molecule has 0 spiro atoms. The minimum absolute atomic E-state index is 0.0154. The molecule has 0 amide bonds. The average molecular weight is 267 g/mol. The van der Waals surface area contributed by atoms with E-state index in [-0.39, 0.29) is 11.6 Å². The summed E-state index contributed by atoms with van der Waals surface area (Å²) in [5, 5.41) is 15.0. The smallest absolute Gasteiger partial charge is 0.0764 e. The molecule has 1 unspecified atom stereocenters. The van der Waals surface area contributed by atoms with Crippen LogP contribution in [-0.4, -0.2) is 35.7 Å². The molecular weight excluding hydrogens is 242 g/mol. The number of aliphatic hydroxyl groups excluding tert-OH is 1. The number of thiophene rings is 1. The van der Waals surface area contributed by atoms with E-state index in [2.05, 4.69) is 35.8 Å². The van der Waals surface area contributed by atoms with Crippen LogP contribution in [0.2, 0.25) is 0 Å². The Morgan fingerprint density at radius 1 is 1.28 bits per heavy atom. The van der Waals surface area contributed by atoms with Crippen LogP contribution in [0, 0.1) is 0 Å². The summed E-state index contributed by atoms with van der Waals surface area (Å²) in [6, 6.07) is 2.13. The van der Waals surface area contributed by atoms with E-state index in [0.29, 0.717) is 0 Å². The van der Waals surface area contributed by atoms with Crippen LogP contribution < -0.4 is 0 Å². The van der Waals surface area contributed by atoms with Gasteiger partial charge in [0.1, 0.15) is 0 Å². The number of rotatable bonds is 4. The average Bonchev–Trinajstić information content (AvgIpc) is 2.70. The third-order valence-electron chi connectivity index (χ3n) is 4.49. The highest BCUT2D eigenvalue weighted by Crippen LogP contribution is 2.35. The molecular formula is C15H25NOS. The maximum Gasteiger partial charge on any atom is 0.0764 e. The first kappa shape index (κ1) is 14.0. The molecule has 2 nitrogen and oxygen atoms in total. The van der Waals surface area contributed by atoms with E-state index in [4.69, 9.17) is 0 Å². The number of hydrogen-bond acceptors (Lipinski definition) is 3. The van der Waals surface area contributed by atoms with Crippen molar-refractivity contribution in [1.82, 2.24) is 4.90 Å². The molecule has 1 atom stereocenters. The van der Waals surface area contributed by atoms with Gasteiger partial charge in [0.05, 0.1) is 6.10 Å². The minimum Gasteiger partial charge on any atom is -0.391 e. The van der Waals surface area contributed by atoms with E-state index in [1.807, 2.05) is 0 Å². The van der Waals surface area contributed by atoms with Gasteiger partial charge in [0.25, 0.3) is 0 Å². The lowest BCUT2D eigenvalue weighted by Gasteiger charge is -2.43. The van der Waals surface area contributed by atoms with Gasteiger partial charge in [-0.25, -0.2) is 0 Å². The molecule has 0 aromatic carbocycles. The van der Waals surface area contributed by atoms with Gasteiger partial charge in [0, 0.05) is 12.0 Å². The first-order valence-corrected chi connectivity index (χ1v) is 7.96. The van der Waals surface area contributed by atoms with Crippen molar-refractivity contribution in [3.63, 3.8) is 0 Å². The number of nitrogens with zero attached hydrogens (tertiary/aromatic N) is 1. The maximum atomic E-state index is 10.8. The van der Waals surface area contributed by atoms with Gasteiger partial charge in [-0.15, -0.1) is 0 Å². The Morgan fingerprint density at radius 2 is 1.94 bits per heavy atom. The van der Waals surface area contributed by atoms with Crippen LogP contribution in [0.3, 0.4) is 0 Å². The summed E-state index contributed by atoms with van der Waals surface area (Å²) in [7, 11) is 4.25.